The van der Waals surface area contributed by atoms with Crippen molar-refractivity contribution < 1.29 is 9.53 Å². The summed E-state index contributed by atoms with van der Waals surface area (Å²) >= 11 is 2.21. The molecule has 0 spiro atoms. The van der Waals surface area contributed by atoms with E-state index in [2.05, 4.69) is 32.9 Å². The molecule has 0 radical (unpaired) electrons. The Labute approximate surface area is 138 Å². The van der Waals surface area contributed by atoms with Gasteiger partial charge in [0.15, 0.2) is 0 Å². The van der Waals surface area contributed by atoms with Gasteiger partial charge in [0.25, 0.3) is 5.91 Å². The lowest BCUT2D eigenvalue weighted by atomic mass is 10.1. The van der Waals surface area contributed by atoms with Gasteiger partial charge < -0.3 is 10.1 Å². The summed E-state index contributed by atoms with van der Waals surface area (Å²) in [5.41, 5.74) is 3.51. The summed E-state index contributed by atoms with van der Waals surface area (Å²) in [4.78, 5) is 16.5. The van der Waals surface area contributed by atoms with E-state index in [-0.39, 0.29) is 5.91 Å². The molecule has 0 aliphatic rings. The number of amides is 1. The van der Waals surface area contributed by atoms with Crippen LogP contribution in [0.15, 0.2) is 30.3 Å². The van der Waals surface area contributed by atoms with Crippen molar-refractivity contribution in [2.24, 2.45) is 0 Å². The highest BCUT2D eigenvalue weighted by Crippen LogP contribution is 2.20. The smallest absolute Gasteiger partial charge is 0.251 e. The second-order valence-electron chi connectivity index (χ2n) is 4.76. The van der Waals surface area contributed by atoms with Crippen LogP contribution in [0, 0.1) is 17.4 Å². The topological polar surface area (TPSA) is 51.2 Å². The van der Waals surface area contributed by atoms with E-state index >= 15 is 0 Å². The minimum absolute atomic E-state index is 0.103. The molecule has 4 nitrogen and oxygen atoms in total. The second kappa shape index (κ2) is 6.89. The van der Waals surface area contributed by atoms with E-state index in [1.165, 1.54) is 0 Å². The van der Waals surface area contributed by atoms with Crippen LogP contribution in [0.5, 0.6) is 5.88 Å². The largest absolute Gasteiger partial charge is 0.481 e. The van der Waals surface area contributed by atoms with Gasteiger partial charge in [0, 0.05) is 26.9 Å². The van der Waals surface area contributed by atoms with Crippen LogP contribution >= 0.6 is 22.6 Å². The number of nitrogens with zero attached hydrogens (tertiary/aromatic N) is 1. The van der Waals surface area contributed by atoms with E-state index in [1.54, 1.807) is 7.11 Å². The molecule has 0 aliphatic heterocycles. The van der Waals surface area contributed by atoms with Gasteiger partial charge in [-0.05, 0) is 72.3 Å². The van der Waals surface area contributed by atoms with E-state index < -0.39 is 0 Å². The molecule has 1 aromatic carbocycles. The van der Waals surface area contributed by atoms with Gasteiger partial charge in [-0.15, -0.1) is 0 Å². The number of carbonyl (C=O) groups excluding carboxylic acids is 1. The van der Waals surface area contributed by atoms with Crippen molar-refractivity contribution >= 4 is 28.5 Å². The molecule has 0 unspecified atom stereocenters. The summed E-state index contributed by atoms with van der Waals surface area (Å²) in [7, 11) is 1.59. The Balaban J connectivity index is 2.13. The average Bonchev–Trinajstić information content (AvgIpc) is 2.46. The lowest BCUT2D eigenvalue weighted by Gasteiger charge is -2.12. The molecule has 0 fully saturated rings. The number of halogens is 1. The van der Waals surface area contributed by atoms with Crippen LogP contribution in [-0.4, -0.2) is 18.0 Å². The Kier molecular flexibility index (Phi) is 5.17. The van der Waals surface area contributed by atoms with E-state index in [0.717, 1.165) is 20.4 Å². The van der Waals surface area contributed by atoms with Crippen LogP contribution in [0.3, 0.4) is 0 Å². The van der Waals surface area contributed by atoms with Gasteiger partial charge in [-0.2, -0.15) is 0 Å². The van der Waals surface area contributed by atoms with E-state index in [0.29, 0.717) is 18.0 Å². The van der Waals surface area contributed by atoms with Crippen molar-refractivity contribution in [1.82, 2.24) is 10.3 Å². The highest BCUT2D eigenvalue weighted by atomic mass is 127. The molecule has 2 rings (SSSR count). The first-order chi connectivity index (χ1) is 10.0. The van der Waals surface area contributed by atoms with Crippen molar-refractivity contribution in [2.45, 2.75) is 20.4 Å². The standard InChI is InChI=1S/C16H17IN2O2/c1-10-8-11(2)19-16(21-3)14(10)9-18-15(20)12-4-6-13(17)7-5-12/h4-8H,9H2,1-3H3,(H,18,20). The molecule has 0 saturated heterocycles. The van der Waals surface area contributed by atoms with Gasteiger partial charge in [-0.3, -0.25) is 4.79 Å². The number of aryl methyl sites for hydroxylation is 2. The Morgan fingerprint density at radius 3 is 2.57 bits per heavy atom. The fourth-order valence-corrected chi connectivity index (χ4v) is 2.44. The zero-order chi connectivity index (χ0) is 15.4. The van der Waals surface area contributed by atoms with Crippen molar-refractivity contribution in [3.05, 3.63) is 56.3 Å². The third-order valence-corrected chi connectivity index (χ3v) is 3.88. The lowest BCUT2D eigenvalue weighted by Crippen LogP contribution is -2.23. The third kappa shape index (κ3) is 3.93. The van der Waals surface area contributed by atoms with Gasteiger partial charge >= 0.3 is 0 Å². The number of hydrogen-bond acceptors (Lipinski definition) is 3. The van der Waals surface area contributed by atoms with Crippen molar-refractivity contribution in [3.8, 4) is 5.88 Å². The number of methoxy groups -OCH3 is 1. The van der Waals surface area contributed by atoms with Crippen LogP contribution in [-0.2, 0) is 6.54 Å². The highest BCUT2D eigenvalue weighted by molar-refractivity contribution is 14.1. The molecule has 5 heteroatoms. The number of carbonyl (C=O) groups is 1. The predicted octanol–water partition coefficient (Wildman–Crippen LogP) is 3.24. The maximum Gasteiger partial charge on any atom is 0.251 e. The van der Waals surface area contributed by atoms with E-state index in [4.69, 9.17) is 4.74 Å². The SMILES string of the molecule is COc1nc(C)cc(C)c1CNC(=O)c1ccc(I)cc1. The van der Waals surface area contributed by atoms with Gasteiger partial charge in [-0.25, -0.2) is 4.98 Å². The van der Waals surface area contributed by atoms with Crippen molar-refractivity contribution in [1.29, 1.82) is 0 Å². The molecule has 0 bridgehead atoms. The molecule has 21 heavy (non-hydrogen) atoms. The molecule has 110 valence electrons. The fraction of sp³-hybridized carbons (Fsp3) is 0.250. The molecule has 2 aromatic rings. The lowest BCUT2D eigenvalue weighted by molar-refractivity contribution is 0.0950. The van der Waals surface area contributed by atoms with Gasteiger partial charge in [0.1, 0.15) is 0 Å². The molecule has 1 aromatic heterocycles. The molecule has 0 aliphatic carbocycles. The number of rotatable bonds is 4. The van der Waals surface area contributed by atoms with Crippen LogP contribution < -0.4 is 10.1 Å². The first kappa shape index (κ1) is 15.8. The second-order valence-corrected chi connectivity index (χ2v) is 6.00. The van der Waals surface area contributed by atoms with Crippen LogP contribution in [0.1, 0.15) is 27.2 Å². The van der Waals surface area contributed by atoms with Gasteiger partial charge in [-0.1, -0.05) is 0 Å². The Bertz CT molecular complexity index is 654. The molecular weight excluding hydrogens is 379 g/mol. The average molecular weight is 396 g/mol. The summed E-state index contributed by atoms with van der Waals surface area (Å²) < 4.78 is 6.40. The van der Waals surface area contributed by atoms with Gasteiger partial charge in [0.05, 0.1) is 7.11 Å². The number of aromatic nitrogens is 1. The summed E-state index contributed by atoms with van der Waals surface area (Å²) in [6, 6.07) is 9.43. The van der Waals surface area contributed by atoms with E-state index in [1.807, 2.05) is 44.2 Å². The maximum absolute atomic E-state index is 12.1. The molecular formula is C16H17IN2O2. The highest BCUT2D eigenvalue weighted by Gasteiger charge is 2.11. The molecule has 1 N–H and O–H groups in total. The number of ether oxygens (including phenoxy) is 1. The first-order valence-corrected chi connectivity index (χ1v) is 7.64. The Morgan fingerprint density at radius 2 is 1.95 bits per heavy atom. The zero-order valence-electron chi connectivity index (χ0n) is 12.2. The quantitative estimate of drug-likeness (QED) is 0.808. The minimum atomic E-state index is -0.103. The Hall–Kier alpha value is -1.63. The first-order valence-electron chi connectivity index (χ1n) is 6.56. The fourth-order valence-electron chi connectivity index (χ4n) is 2.08. The van der Waals surface area contributed by atoms with E-state index in [9.17, 15) is 4.79 Å². The summed E-state index contributed by atoms with van der Waals surface area (Å²) in [6.45, 7) is 4.31. The number of benzene rings is 1. The predicted molar refractivity (Wildman–Crippen MR) is 90.6 cm³/mol. The third-order valence-electron chi connectivity index (χ3n) is 3.16. The minimum Gasteiger partial charge on any atom is -0.481 e. The van der Waals surface area contributed by atoms with Gasteiger partial charge in [0.2, 0.25) is 5.88 Å². The Morgan fingerprint density at radius 1 is 1.29 bits per heavy atom. The monoisotopic (exact) mass is 396 g/mol. The molecule has 1 amide bonds. The zero-order valence-corrected chi connectivity index (χ0v) is 14.4. The normalized spacial score (nSPS) is 10.3. The van der Waals surface area contributed by atoms with Crippen molar-refractivity contribution in [2.75, 3.05) is 7.11 Å². The number of nitrogens with one attached hydrogen (secondary N) is 1. The van der Waals surface area contributed by atoms with Crippen molar-refractivity contribution in [3.63, 3.8) is 0 Å². The molecule has 0 saturated carbocycles. The number of hydrogen-bond donors (Lipinski definition) is 1. The summed E-state index contributed by atoms with van der Waals surface area (Å²) in [5.74, 6) is 0.462. The van der Waals surface area contributed by atoms with Crippen LogP contribution in [0.2, 0.25) is 0 Å². The molecule has 1 heterocycles. The molecule has 0 atom stereocenters. The van der Waals surface area contributed by atoms with Crippen LogP contribution in [0.25, 0.3) is 0 Å². The number of pyridine rings is 1. The van der Waals surface area contributed by atoms with Crippen LogP contribution in [0.4, 0.5) is 0 Å². The maximum atomic E-state index is 12.1. The summed E-state index contributed by atoms with van der Waals surface area (Å²) in [5, 5.41) is 2.91. The summed E-state index contributed by atoms with van der Waals surface area (Å²) in [6.07, 6.45) is 0.